The van der Waals surface area contributed by atoms with Crippen LogP contribution in [0, 0.1) is 5.92 Å². The molecule has 0 bridgehead atoms. The van der Waals surface area contributed by atoms with E-state index < -0.39 is 0 Å². The van der Waals surface area contributed by atoms with E-state index in [9.17, 15) is 0 Å². The lowest BCUT2D eigenvalue weighted by Gasteiger charge is -2.33. The van der Waals surface area contributed by atoms with Crippen LogP contribution in [0.4, 0.5) is 5.69 Å². The number of anilines is 1. The van der Waals surface area contributed by atoms with Crippen molar-refractivity contribution in [3.05, 3.63) is 28.8 Å². The van der Waals surface area contributed by atoms with Crippen molar-refractivity contribution < 1.29 is 0 Å². The number of nitrogens with zero attached hydrogens (tertiary/aromatic N) is 1. The van der Waals surface area contributed by atoms with E-state index >= 15 is 0 Å². The molecule has 1 aliphatic rings. The zero-order chi connectivity index (χ0) is 15.4. The van der Waals surface area contributed by atoms with Gasteiger partial charge in [-0.3, -0.25) is 0 Å². The van der Waals surface area contributed by atoms with Gasteiger partial charge in [-0.15, -0.1) is 0 Å². The molecular weight excluding hydrogens is 280 g/mol. The Morgan fingerprint density at radius 2 is 1.90 bits per heavy atom. The van der Waals surface area contributed by atoms with E-state index in [4.69, 9.17) is 17.3 Å². The monoisotopic (exact) mass is 308 g/mol. The second-order valence-corrected chi connectivity index (χ2v) is 7.22. The van der Waals surface area contributed by atoms with Crippen LogP contribution < -0.4 is 10.6 Å². The largest absolute Gasteiger partial charge is 0.367 e. The fourth-order valence-corrected chi connectivity index (χ4v) is 3.45. The maximum absolute atomic E-state index is 6.56. The quantitative estimate of drug-likeness (QED) is 0.787. The van der Waals surface area contributed by atoms with Gasteiger partial charge in [-0.2, -0.15) is 0 Å². The van der Waals surface area contributed by atoms with Gasteiger partial charge in [0.1, 0.15) is 0 Å². The van der Waals surface area contributed by atoms with Crippen LogP contribution >= 0.6 is 11.6 Å². The van der Waals surface area contributed by atoms with Gasteiger partial charge in [-0.1, -0.05) is 44.4 Å². The first-order valence-corrected chi connectivity index (χ1v) is 8.68. The molecule has 0 amide bonds. The van der Waals surface area contributed by atoms with Crippen LogP contribution in [0.15, 0.2) is 18.2 Å². The first-order valence-electron chi connectivity index (χ1n) is 8.30. The third-order valence-corrected chi connectivity index (χ3v) is 4.82. The van der Waals surface area contributed by atoms with Gasteiger partial charge in [0.05, 0.1) is 10.7 Å². The molecule has 0 aliphatic heterocycles. The molecule has 118 valence electrons. The number of benzene rings is 1. The molecule has 0 aromatic heterocycles. The average Bonchev–Trinajstić information content (AvgIpc) is 2.94. The Kier molecular flexibility index (Phi) is 5.95. The molecule has 3 heteroatoms. The Morgan fingerprint density at radius 3 is 2.43 bits per heavy atom. The Balaban J connectivity index is 2.22. The highest BCUT2D eigenvalue weighted by Crippen LogP contribution is 2.34. The summed E-state index contributed by atoms with van der Waals surface area (Å²) in [6, 6.07) is 7.02. The Bertz CT molecular complexity index is 451. The highest BCUT2D eigenvalue weighted by atomic mass is 35.5. The zero-order valence-electron chi connectivity index (χ0n) is 13.6. The summed E-state index contributed by atoms with van der Waals surface area (Å²) < 4.78 is 0. The second-order valence-electron chi connectivity index (χ2n) is 6.81. The van der Waals surface area contributed by atoms with E-state index in [1.54, 1.807) is 0 Å². The van der Waals surface area contributed by atoms with E-state index in [1.165, 1.54) is 37.8 Å². The lowest BCUT2D eigenvalue weighted by atomic mass is 10.1. The maximum Gasteiger partial charge on any atom is 0.0642 e. The van der Waals surface area contributed by atoms with Gasteiger partial charge in [0.2, 0.25) is 0 Å². The molecule has 1 aliphatic carbocycles. The van der Waals surface area contributed by atoms with Gasteiger partial charge in [-0.05, 0) is 49.8 Å². The van der Waals surface area contributed by atoms with Gasteiger partial charge in [0, 0.05) is 18.6 Å². The van der Waals surface area contributed by atoms with E-state index in [2.05, 4.69) is 30.9 Å². The van der Waals surface area contributed by atoms with Crippen LogP contribution in [0.2, 0.25) is 5.02 Å². The summed E-state index contributed by atoms with van der Waals surface area (Å²) in [6.07, 6.45) is 6.49. The number of nitrogens with two attached hydrogens (primary N) is 1. The third kappa shape index (κ3) is 4.37. The summed E-state index contributed by atoms with van der Waals surface area (Å²) in [6.45, 7) is 7.67. The molecule has 0 saturated heterocycles. The van der Waals surface area contributed by atoms with Crippen LogP contribution in [0.1, 0.15) is 64.5 Å². The predicted octanol–water partition coefficient (Wildman–Crippen LogP) is 5.15. The highest BCUT2D eigenvalue weighted by molar-refractivity contribution is 6.33. The lowest BCUT2D eigenvalue weighted by Crippen LogP contribution is -2.35. The normalized spacial score (nSPS) is 17.4. The summed E-state index contributed by atoms with van der Waals surface area (Å²) in [5.41, 5.74) is 8.26. The summed E-state index contributed by atoms with van der Waals surface area (Å²) >= 11 is 6.56. The van der Waals surface area contributed by atoms with Gasteiger partial charge in [0.25, 0.3) is 0 Å². The summed E-state index contributed by atoms with van der Waals surface area (Å²) in [5, 5.41) is 0.848. The Hall–Kier alpha value is -0.730. The van der Waals surface area contributed by atoms with Gasteiger partial charge in [0.15, 0.2) is 0 Å². The minimum absolute atomic E-state index is 0.0344. The minimum atomic E-state index is 0.0344. The fraction of sp³-hybridized carbons (Fsp3) is 0.667. The summed E-state index contributed by atoms with van der Waals surface area (Å²) in [5.74, 6) is 0.719. The zero-order valence-corrected chi connectivity index (χ0v) is 14.4. The molecular formula is C18H29ClN2. The van der Waals surface area contributed by atoms with E-state index in [1.807, 2.05) is 13.0 Å². The second kappa shape index (κ2) is 7.51. The van der Waals surface area contributed by atoms with Crippen molar-refractivity contribution in [2.75, 3.05) is 11.4 Å². The Morgan fingerprint density at radius 1 is 1.24 bits per heavy atom. The molecule has 0 spiro atoms. The number of hydrogen-bond donors (Lipinski definition) is 1. The summed E-state index contributed by atoms with van der Waals surface area (Å²) in [7, 11) is 0. The molecule has 1 aromatic rings. The first kappa shape index (κ1) is 16.6. The van der Waals surface area contributed by atoms with Crippen LogP contribution in [0.25, 0.3) is 0 Å². The predicted molar refractivity (Wildman–Crippen MR) is 93.1 cm³/mol. The topological polar surface area (TPSA) is 29.3 Å². The van der Waals surface area contributed by atoms with Gasteiger partial charge < -0.3 is 10.6 Å². The number of hydrogen-bond acceptors (Lipinski definition) is 2. The molecule has 2 N–H and O–H groups in total. The van der Waals surface area contributed by atoms with Crippen LogP contribution in [0.3, 0.4) is 0 Å². The Labute approximate surface area is 134 Å². The third-order valence-electron chi connectivity index (χ3n) is 4.52. The molecule has 1 saturated carbocycles. The van der Waals surface area contributed by atoms with Crippen molar-refractivity contribution in [3.8, 4) is 0 Å². The molecule has 0 heterocycles. The molecule has 21 heavy (non-hydrogen) atoms. The molecule has 1 aromatic carbocycles. The molecule has 2 rings (SSSR count). The molecule has 1 atom stereocenters. The van der Waals surface area contributed by atoms with E-state index in [0.717, 1.165) is 23.0 Å². The number of halogens is 1. The van der Waals surface area contributed by atoms with Crippen molar-refractivity contribution in [1.29, 1.82) is 0 Å². The maximum atomic E-state index is 6.56. The number of rotatable bonds is 6. The first-order chi connectivity index (χ1) is 9.99. The van der Waals surface area contributed by atoms with Crippen molar-refractivity contribution in [2.24, 2.45) is 11.7 Å². The molecule has 1 fully saturated rings. The summed E-state index contributed by atoms with van der Waals surface area (Å²) in [4.78, 5) is 2.54. The van der Waals surface area contributed by atoms with Crippen LogP contribution in [0.5, 0.6) is 0 Å². The van der Waals surface area contributed by atoms with Gasteiger partial charge >= 0.3 is 0 Å². The fourth-order valence-electron chi connectivity index (χ4n) is 3.15. The van der Waals surface area contributed by atoms with Crippen molar-refractivity contribution >= 4 is 17.3 Å². The lowest BCUT2D eigenvalue weighted by molar-refractivity contribution is 0.528. The van der Waals surface area contributed by atoms with Crippen LogP contribution in [-0.2, 0) is 0 Å². The highest BCUT2D eigenvalue weighted by Gasteiger charge is 2.24. The molecule has 1 unspecified atom stereocenters. The van der Waals surface area contributed by atoms with Crippen LogP contribution in [-0.4, -0.2) is 12.6 Å². The molecule has 0 radical (unpaired) electrons. The van der Waals surface area contributed by atoms with Crippen molar-refractivity contribution in [1.82, 2.24) is 0 Å². The van der Waals surface area contributed by atoms with Crippen molar-refractivity contribution in [2.45, 2.75) is 65.0 Å². The van der Waals surface area contributed by atoms with E-state index in [-0.39, 0.29) is 6.04 Å². The standard InChI is InChI=1S/C18H29ClN2/c1-13(2)10-11-21(16-6-4-5-7-16)18-9-8-15(14(3)20)12-17(18)19/h8-9,12-14,16H,4-7,10-11,20H2,1-3H3. The SMILES string of the molecule is CC(C)CCN(c1ccc(C(C)N)cc1Cl)C1CCCC1. The van der Waals surface area contributed by atoms with Gasteiger partial charge in [-0.25, -0.2) is 0 Å². The molecule has 2 nitrogen and oxygen atoms in total. The average molecular weight is 309 g/mol. The smallest absolute Gasteiger partial charge is 0.0642 e. The van der Waals surface area contributed by atoms with E-state index in [0.29, 0.717) is 6.04 Å². The minimum Gasteiger partial charge on any atom is -0.367 e. The van der Waals surface area contributed by atoms with Crippen molar-refractivity contribution in [3.63, 3.8) is 0 Å².